The first-order valence-corrected chi connectivity index (χ1v) is 5.95. The normalized spacial score (nSPS) is 12.3. The van der Waals surface area contributed by atoms with E-state index >= 15 is 0 Å². The second-order valence-corrected chi connectivity index (χ2v) is 4.21. The Balaban J connectivity index is 2.26. The van der Waals surface area contributed by atoms with Crippen LogP contribution in [0.3, 0.4) is 0 Å². The fourth-order valence-electron chi connectivity index (χ4n) is 0.766. The van der Waals surface area contributed by atoms with Gasteiger partial charge in [0.05, 0.1) is 6.20 Å². The van der Waals surface area contributed by atoms with E-state index in [4.69, 9.17) is 0 Å². The molecular weight excluding hydrogens is 176 g/mol. The summed E-state index contributed by atoms with van der Waals surface area (Å²) in [5.41, 5.74) is 0. The number of rotatable bonds is 4. The lowest BCUT2D eigenvalue weighted by molar-refractivity contribution is 0.722. The molecule has 0 aromatic carbocycles. The summed E-state index contributed by atoms with van der Waals surface area (Å²) in [6.07, 6.45) is 5.59. The minimum atomic E-state index is 0.961. The number of hydrogen-bond acceptors (Lipinski definition) is 4. The minimum absolute atomic E-state index is 0.961. The molecule has 0 aliphatic rings. The Hall–Kier alpha value is -0.220. The van der Waals surface area contributed by atoms with Crippen LogP contribution in [0.1, 0.15) is 26.2 Å². The van der Waals surface area contributed by atoms with E-state index in [-0.39, 0.29) is 0 Å². The van der Waals surface area contributed by atoms with Crippen molar-refractivity contribution < 1.29 is 0 Å². The number of unbranched alkanes of at least 4 members (excludes halogenated alkanes) is 2. The van der Waals surface area contributed by atoms with Crippen molar-refractivity contribution >= 4 is 20.9 Å². The van der Waals surface area contributed by atoms with Crippen LogP contribution in [0.25, 0.3) is 0 Å². The van der Waals surface area contributed by atoms with Gasteiger partial charge in [-0.15, -0.1) is 0 Å². The van der Waals surface area contributed by atoms with Crippen LogP contribution in [-0.2, 0) is 0 Å². The highest BCUT2D eigenvalue weighted by atomic mass is 32.9. The van der Waals surface area contributed by atoms with Crippen molar-refractivity contribution in [1.29, 1.82) is 0 Å². The van der Waals surface area contributed by atoms with Crippen LogP contribution < -0.4 is 4.67 Å². The molecule has 1 aromatic rings. The molecule has 62 valence electrons. The van der Waals surface area contributed by atoms with Gasteiger partial charge in [0.25, 0.3) is 0 Å². The third-order valence-corrected chi connectivity index (χ3v) is 3.02. The van der Waals surface area contributed by atoms with Gasteiger partial charge >= 0.3 is 0 Å². The Morgan fingerprint density at radius 1 is 1.55 bits per heavy atom. The van der Waals surface area contributed by atoms with Crippen molar-refractivity contribution in [2.75, 3.05) is 6.54 Å². The van der Waals surface area contributed by atoms with Gasteiger partial charge in [-0.3, -0.25) is 4.99 Å². The average molecular weight is 188 g/mol. The van der Waals surface area contributed by atoms with Crippen LogP contribution in [0.4, 0.5) is 0 Å². The van der Waals surface area contributed by atoms with Gasteiger partial charge in [-0.25, -0.2) is 0 Å². The maximum atomic E-state index is 4.37. The third-order valence-electron chi connectivity index (χ3n) is 1.36. The summed E-state index contributed by atoms with van der Waals surface area (Å²) < 4.78 is 5.06. The molecule has 11 heavy (non-hydrogen) atoms. The van der Waals surface area contributed by atoms with E-state index < -0.39 is 0 Å². The fourth-order valence-corrected chi connectivity index (χ4v) is 2.11. The van der Waals surface area contributed by atoms with Gasteiger partial charge in [0.2, 0.25) is 0 Å². The first-order chi connectivity index (χ1) is 5.43. The van der Waals surface area contributed by atoms with Gasteiger partial charge in [-0.05, 0) is 16.8 Å². The molecule has 0 bridgehead atoms. The van der Waals surface area contributed by atoms with Crippen LogP contribution in [0.5, 0.6) is 0 Å². The van der Waals surface area contributed by atoms with Crippen molar-refractivity contribution in [2.24, 2.45) is 4.99 Å². The zero-order chi connectivity index (χ0) is 7.94. The van der Waals surface area contributed by atoms with Crippen LogP contribution in [0.2, 0.25) is 0 Å². The van der Waals surface area contributed by atoms with E-state index in [0.717, 1.165) is 11.2 Å². The summed E-state index contributed by atoms with van der Waals surface area (Å²) in [7, 11) is 3.15. The molecule has 1 aromatic heterocycles. The molecule has 4 heteroatoms. The van der Waals surface area contributed by atoms with Crippen LogP contribution in [0, 0.1) is 0 Å². The van der Waals surface area contributed by atoms with Gasteiger partial charge < -0.3 is 0 Å². The van der Waals surface area contributed by atoms with E-state index in [1.54, 1.807) is 10.3 Å². The molecule has 1 heterocycles. The molecule has 0 fully saturated rings. The molecule has 0 radical (unpaired) electrons. The van der Waals surface area contributed by atoms with Gasteiger partial charge in [-0.1, -0.05) is 19.8 Å². The molecular formula is C7H12N2S2. The standard InChI is InChI=1S/C7H12N2S2/c1-2-3-4-5-8-7-6-9-11-10-7/h6H,2-5H2,1H3. The topological polar surface area (TPSA) is 25.2 Å². The highest BCUT2D eigenvalue weighted by Crippen LogP contribution is 1.95. The molecule has 1 rings (SSSR count). The van der Waals surface area contributed by atoms with Crippen molar-refractivity contribution in [3.8, 4) is 0 Å². The first-order valence-electron chi connectivity index (χ1n) is 3.85. The van der Waals surface area contributed by atoms with E-state index in [1.807, 2.05) is 6.20 Å². The van der Waals surface area contributed by atoms with Crippen molar-refractivity contribution in [2.45, 2.75) is 26.2 Å². The minimum Gasteiger partial charge on any atom is -0.272 e. The largest absolute Gasteiger partial charge is 0.272 e. The monoisotopic (exact) mass is 188 g/mol. The van der Waals surface area contributed by atoms with E-state index in [0.29, 0.717) is 0 Å². The molecule has 0 amide bonds. The van der Waals surface area contributed by atoms with Gasteiger partial charge in [-0.2, -0.15) is 4.37 Å². The van der Waals surface area contributed by atoms with E-state index in [1.165, 1.54) is 29.8 Å². The Bertz CT molecular complexity index is 222. The smallest absolute Gasteiger partial charge is 0.141 e. The quantitative estimate of drug-likeness (QED) is 0.526. The molecule has 0 N–H and O–H groups in total. The lowest BCUT2D eigenvalue weighted by Gasteiger charge is -1.89. The Morgan fingerprint density at radius 3 is 3.09 bits per heavy atom. The van der Waals surface area contributed by atoms with Gasteiger partial charge in [0.15, 0.2) is 0 Å². The summed E-state index contributed by atoms with van der Waals surface area (Å²) in [5.74, 6) is 0. The maximum Gasteiger partial charge on any atom is 0.141 e. The summed E-state index contributed by atoms with van der Waals surface area (Å²) >= 11 is 0. The zero-order valence-electron chi connectivity index (χ0n) is 6.62. The van der Waals surface area contributed by atoms with E-state index in [2.05, 4.69) is 16.3 Å². The van der Waals surface area contributed by atoms with Gasteiger partial charge in [0, 0.05) is 17.1 Å². The fraction of sp³-hybridized carbons (Fsp3) is 0.714. The zero-order valence-corrected chi connectivity index (χ0v) is 8.25. The van der Waals surface area contributed by atoms with Crippen LogP contribution >= 0.6 is 20.9 Å². The molecule has 0 spiro atoms. The summed E-state index contributed by atoms with van der Waals surface area (Å²) in [6.45, 7) is 3.16. The summed E-state index contributed by atoms with van der Waals surface area (Å²) in [4.78, 5) is 4.37. The number of aromatic nitrogens is 1. The SMILES string of the molecule is CCCCCN=c1cnss1. The van der Waals surface area contributed by atoms with Crippen molar-refractivity contribution in [3.63, 3.8) is 0 Å². The third kappa shape index (κ3) is 3.62. The summed E-state index contributed by atoms with van der Waals surface area (Å²) in [5, 5.41) is 0. The Labute approximate surface area is 74.2 Å². The lowest BCUT2D eigenvalue weighted by atomic mass is 10.2. The van der Waals surface area contributed by atoms with Gasteiger partial charge in [0.1, 0.15) is 4.67 Å². The number of nitrogens with zero attached hydrogens (tertiary/aromatic N) is 2. The number of hydrogen-bond donors (Lipinski definition) is 0. The Kier molecular flexibility index (Phi) is 4.38. The predicted octanol–water partition coefficient (Wildman–Crippen LogP) is 2.30. The summed E-state index contributed by atoms with van der Waals surface area (Å²) in [6, 6.07) is 0. The lowest BCUT2D eigenvalue weighted by Crippen LogP contribution is -1.93. The highest BCUT2D eigenvalue weighted by Gasteiger charge is 1.84. The van der Waals surface area contributed by atoms with Crippen molar-refractivity contribution in [1.82, 2.24) is 4.37 Å². The first kappa shape index (κ1) is 8.87. The van der Waals surface area contributed by atoms with Crippen molar-refractivity contribution in [3.05, 3.63) is 10.9 Å². The molecule has 0 unspecified atom stereocenters. The Morgan fingerprint density at radius 2 is 2.45 bits per heavy atom. The molecule has 0 saturated heterocycles. The average Bonchev–Trinajstić information content (AvgIpc) is 2.50. The predicted molar refractivity (Wildman–Crippen MR) is 49.9 cm³/mol. The highest BCUT2D eigenvalue weighted by molar-refractivity contribution is 7.65. The molecule has 0 aliphatic heterocycles. The van der Waals surface area contributed by atoms with Crippen LogP contribution in [0.15, 0.2) is 11.2 Å². The second-order valence-electron chi connectivity index (χ2n) is 2.32. The second kappa shape index (κ2) is 5.43. The molecule has 0 saturated carbocycles. The molecule has 0 aliphatic carbocycles. The van der Waals surface area contributed by atoms with Crippen LogP contribution in [-0.4, -0.2) is 10.9 Å². The molecule has 2 nitrogen and oxygen atoms in total. The molecule has 0 atom stereocenters. The van der Waals surface area contributed by atoms with E-state index in [9.17, 15) is 0 Å². The maximum absolute atomic E-state index is 4.37.